The highest BCUT2D eigenvalue weighted by atomic mass is 35.5. The summed E-state index contributed by atoms with van der Waals surface area (Å²) >= 11 is 12.6. The molecule has 0 bridgehead atoms. The number of benzene rings is 2. The summed E-state index contributed by atoms with van der Waals surface area (Å²) < 4.78 is 5.33. The third-order valence-corrected chi connectivity index (χ3v) is 4.87. The zero-order chi connectivity index (χ0) is 18.8. The number of rotatable bonds is 4. The second kappa shape index (κ2) is 7.52. The highest BCUT2D eigenvalue weighted by molar-refractivity contribution is 6.39. The Kier molecular flexibility index (Phi) is 5.35. The van der Waals surface area contributed by atoms with E-state index >= 15 is 0 Å². The molecule has 3 rings (SSSR count). The smallest absolute Gasteiger partial charge is 0.264 e. The van der Waals surface area contributed by atoms with Crippen LogP contribution in [0, 0.1) is 13.8 Å². The molecule has 4 nitrogen and oxygen atoms in total. The molecule has 0 radical (unpaired) electrons. The van der Waals surface area contributed by atoms with Gasteiger partial charge in [-0.1, -0.05) is 52.6 Å². The van der Waals surface area contributed by atoms with Crippen LogP contribution in [0.15, 0.2) is 47.0 Å². The van der Waals surface area contributed by atoms with Gasteiger partial charge in [-0.05, 0) is 44.5 Å². The van der Waals surface area contributed by atoms with Crippen LogP contribution in [0.2, 0.25) is 10.0 Å². The highest BCUT2D eigenvalue weighted by Crippen LogP contribution is 2.37. The van der Waals surface area contributed by atoms with Crippen molar-refractivity contribution in [3.63, 3.8) is 0 Å². The summed E-state index contributed by atoms with van der Waals surface area (Å²) in [7, 11) is 0. The summed E-state index contributed by atoms with van der Waals surface area (Å²) in [6.45, 7) is 6.11. The number of anilines is 1. The lowest BCUT2D eigenvalue weighted by molar-refractivity contribution is 0.0987. The molecular weight excluding hydrogens is 371 g/mol. The van der Waals surface area contributed by atoms with E-state index < -0.39 is 0 Å². The Morgan fingerprint density at radius 1 is 1.08 bits per heavy atom. The lowest BCUT2D eigenvalue weighted by Gasteiger charge is -2.23. The standard InChI is InChI=1S/C20H18Cl2N2O2/c1-4-24(16-11-6-5-8-12(16)2)20(25)17-13(3)26-23-19(17)18-14(21)9-7-10-15(18)22/h5-11H,4H2,1-3H3. The van der Waals surface area contributed by atoms with Crippen molar-refractivity contribution in [2.45, 2.75) is 20.8 Å². The second-order valence-corrected chi connectivity index (χ2v) is 6.71. The van der Waals surface area contributed by atoms with E-state index in [2.05, 4.69) is 5.16 Å². The van der Waals surface area contributed by atoms with Crippen molar-refractivity contribution in [3.05, 3.63) is 69.4 Å². The van der Waals surface area contributed by atoms with Gasteiger partial charge in [-0.25, -0.2) is 0 Å². The minimum absolute atomic E-state index is 0.202. The molecule has 1 heterocycles. The van der Waals surface area contributed by atoms with Crippen LogP contribution in [-0.4, -0.2) is 17.6 Å². The SMILES string of the molecule is CCN(C(=O)c1c(-c2c(Cl)cccc2Cl)noc1C)c1ccccc1C. The number of para-hydroxylation sites is 1. The Balaban J connectivity index is 2.14. The topological polar surface area (TPSA) is 46.3 Å². The maximum atomic E-state index is 13.4. The predicted octanol–water partition coefficient (Wildman–Crippen LogP) is 5.93. The van der Waals surface area contributed by atoms with E-state index in [9.17, 15) is 4.79 Å². The molecule has 0 saturated heterocycles. The molecule has 1 amide bonds. The number of amides is 1. The largest absolute Gasteiger partial charge is 0.360 e. The van der Waals surface area contributed by atoms with Crippen LogP contribution in [0.25, 0.3) is 11.3 Å². The van der Waals surface area contributed by atoms with Crippen LogP contribution in [0.5, 0.6) is 0 Å². The molecule has 134 valence electrons. The van der Waals surface area contributed by atoms with Gasteiger partial charge < -0.3 is 9.42 Å². The van der Waals surface area contributed by atoms with Crippen LogP contribution in [0.3, 0.4) is 0 Å². The average molecular weight is 389 g/mol. The van der Waals surface area contributed by atoms with Crippen LogP contribution < -0.4 is 4.90 Å². The molecule has 6 heteroatoms. The molecule has 0 spiro atoms. The quantitative estimate of drug-likeness (QED) is 0.555. The number of aryl methyl sites for hydroxylation is 2. The molecule has 0 aliphatic rings. The third kappa shape index (κ3) is 3.22. The van der Waals surface area contributed by atoms with Gasteiger partial charge in [-0.3, -0.25) is 4.79 Å². The van der Waals surface area contributed by atoms with Crippen molar-refractivity contribution in [1.82, 2.24) is 5.16 Å². The molecule has 0 fully saturated rings. The Morgan fingerprint density at radius 3 is 2.35 bits per heavy atom. The molecule has 0 aliphatic heterocycles. The first kappa shape index (κ1) is 18.5. The van der Waals surface area contributed by atoms with Crippen molar-refractivity contribution in [1.29, 1.82) is 0 Å². The summed E-state index contributed by atoms with van der Waals surface area (Å²) in [5, 5.41) is 4.90. The van der Waals surface area contributed by atoms with Gasteiger partial charge in [0.1, 0.15) is 17.0 Å². The summed E-state index contributed by atoms with van der Waals surface area (Å²) in [6, 6.07) is 12.9. The summed E-state index contributed by atoms with van der Waals surface area (Å²) in [5.74, 6) is 0.222. The van der Waals surface area contributed by atoms with E-state index in [1.807, 2.05) is 38.1 Å². The van der Waals surface area contributed by atoms with Crippen molar-refractivity contribution in [2.24, 2.45) is 0 Å². The molecular formula is C20H18Cl2N2O2. The Bertz CT molecular complexity index is 946. The van der Waals surface area contributed by atoms with Crippen molar-refractivity contribution in [3.8, 4) is 11.3 Å². The van der Waals surface area contributed by atoms with Gasteiger partial charge in [0.05, 0.1) is 10.0 Å². The Morgan fingerprint density at radius 2 is 1.73 bits per heavy atom. The van der Waals surface area contributed by atoms with Gasteiger partial charge in [-0.15, -0.1) is 0 Å². The third-order valence-electron chi connectivity index (χ3n) is 4.24. The maximum absolute atomic E-state index is 13.4. The van der Waals surface area contributed by atoms with E-state index in [0.29, 0.717) is 39.2 Å². The Labute approximate surface area is 162 Å². The minimum atomic E-state index is -0.202. The molecule has 3 aromatic rings. The van der Waals surface area contributed by atoms with Gasteiger partial charge in [0.2, 0.25) is 0 Å². The lowest BCUT2D eigenvalue weighted by Crippen LogP contribution is -2.31. The number of halogens is 2. The van der Waals surface area contributed by atoms with Gasteiger partial charge in [0.15, 0.2) is 0 Å². The zero-order valence-corrected chi connectivity index (χ0v) is 16.2. The first-order valence-corrected chi connectivity index (χ1v) is 8.99. The minimum Gasteiger partial charge on any atom is -0.360 e. The monoisotopic (exact) mass is 388 g/mol. The fourth-order valence-electron chi connectivity index (χ4n) is 2.94. The molecule has 0 saturated carbocycles. The molecule has 0 aliphatic carbocycles. The van der Waals surface area contributed by atoms with Gasteiger partial charge >= 0.3 is 0 Å². The lowest BCUT2D eigenvalue weighted by atomic mass is 10.0. The van der Waals surface area contributed by atoms with E-state index in [0.717, 1.165) is 11.3 Å². The number of carbonyl (C=O) groups excluding carboxylic acids is 1. The normalized spacial score (nSPS) is 10.8. The first-order valence-electron chi connectivity index (χ1n) is 8.23. The van der Waals surface area contributed by atoms with Crippen LogP contribution in [0.4, 0.5) is 5.69 Å². The van der Waals surface area contributed by atoms with Gasteiger partial charge in [0, 0.05) is 17.8 Å². The number of carbonyl (C=O) groups is 1. The fourth-order valence-corrected chi connectivity index (χ4v) is 3.52. The van der Waals surface area contributed by atoms with Crippen molar-refractivity contribution >= 4 is 34.8 Å². The van der Waals surface area contributed by atoms with Crippen LogP contribution in [0.1, 0.15) is 28.6 Å². The van der Waals surface area contributed by atoms with E-state index in [1.54, 1.807) is 30.0 Å². The van der Waals surface area contributed by atoms with Crippen LogP contribution >= 0.6 is 23.2 Å². The number of hydrogen-bond acceptors (Lipinski definition) is 3. The van der Waals surface area contributed by atoms with E-state index in [4.69, 9.17) is 27.7 Å². The molecule has 0 N–H and O–H groups in total. The number of hydrogen-bond donors (Lipinski definition) is 0. The summed E-state index contributed by atoms with van der Waals surface area (Å²) in [6.07, 6.45) is 0. The average Bonchev–Trinajstić information content (AvgIpc) is 2.98. The van der Waals surface area contributed by atoms with Crippen molar-refractivity contribution in [2.75, 3.05) is 11.4 Å². The van der Waals surface area contributed by atoms with Crippen molar-refractivity contribution < 1.29 is 9.32 Å². The van der Waals surface area contributed by atoms with Crippen LogP contribution in [-0.2, 0) is 0 Å². The zero-order valence-electron chi connectivity index (χ0n) is 14.7. The highest BCUT2D eigenvalue weighted by Gasteiger charge is 2.28. The fraction of sp³-hybridized carbons (Fsp3) is 0.200. The molecule has 26 heavy (non-hydrogen) atoms. The number of nitrogens with zero attached hydrogens (tertiary/aromatic N) is 2. The molecule has 0 unspecified atom stereocenters. The summed E-state index contributed by atoms with van der Waals surface area (Å²) in [5.41, 5.74) is 3.07. The molecule has 0 atom stereocenters. The molecule has 2 aromatic carbocycles. The maximum Gasteiger partial charge on any atom is 0.264 e. The second-order valence-electron chi connectivity index (χ2n) is 5.89. The van der Waals surface area contributed by atoms with Gasteiger partial charge in [-0.2, -0.15) is 0 Å². The number of aromatic nitrogens is 1. The summed E-state index contributed by atoms with van der Waals surface area (Å²) in [4.78, 5) is 15.1. The first-order chi connectivity index (χ1) is 12.5. The van der Waals surface area contributed by atoms with E-state index in [1.165, 1.54) is 0 Å². The van der Waals surface area contributed by atoms with E-state index in [-0.39, 0.29) is 5.91 Å². The molecule has 1 aromatic heterocycles. The predicted molar refractivity (Wildman–Crippen MR) is 105 cm³/mol. The van der Waals surface area contributed by atoms with Gasteiger partial charge in [0.25, 0.3) is 5.91 Å². The Hall–Kier alpha value is -2.30.